The molecule has 0 spiro atoms. The Morgan fingerprint density at radius 1 is 1.44 bits per heavy atom. The summed E-state index contributed by atoms with van der Waals surface area (Å²) in [6, 6.07) is 2.20. The average molecular weight is 282 g/mol. The zero-order valence-corrected chi connectivity index (χ0v) is 12.4. The van der Waals surface area contributed by atoms with Gasteiger partial charge in [-0.2, -0.15) is 11.3 Å². The zero-order valence-electron chi connectivity index (χ0n) is 10.8. The van der Waals surface area contributed by atoms with E-state index < -0.39 is 0 Å². The van der Waals surface area contributed by atoms with Gasteiger partial charge in [-0.1, -0.05) is 25.3 Å². The maximum Gasteiger partial charge on any atom is 0.0857 e. The lowest BCUT2D eigenvalue weighted by atomic mass is 9.89. The molecule has 0 aliphatic carbocycles. The highest BCUT2D eigenvalue weighted by Crippen LogP contribution is 2.31. The van der Waals surface area contributed by atoms with Crippen molar-refractivity contribution < 1.29 is 0 Å². The summed E-state index contributed by atoms with van der Waals surface area (Å²) < 4.78 is 4.09. The highest BCUT2D eigenvalue weighted by Gasteiger charge is 2.26. The van der Waals surface area contributed by atoms with E-state index >= 15 is 0 Å². The number of hydrogen-bond donors (Lipinski definition) is 2. The predicted molar refractivity (Wildman–Crippen MR) is 76.7 cm³/mol. The van der Waals surface area contributed by atoms with Gasteiger partial charge in [0.15, 0.2) is 0 Å². The summed E-state index contributed by atoms with van der Waals surface area (Å²) in [4.78, 5) is 1.14. The molecule has 6 heteroatoms. The Labute approximate surface area is 115 Å². The maximum atomic E-state index is 5.70. The quantitative estimate of drug-likeness (QED) is 0.668. The van der Waals surface area contributed by atoms with E-state index in [1.807, 2.05) is 0 Å². The fourth-order valence-corrected chi connectivity index (χ4v) is 3.42. The van der Waals surface area contributed by atoms with Gasteiger partial charge in [0.1, 0.15) is 0 Å². The summed E-state index contributed by atoms with van der Waals surface area (Å²) in [6.07, 6.45) is 0.868. The van der Waals surface area contributed by atoms with Crippen molar-refractivity contribution >= 4 is 22.9 Å². The molecule has 2 heterocycles. The number of hydrazine groups is 1. The summed E-state index contributed by atoms with van der Waals surface area (Å²) in [5.41, 5.74) is 5.20. The molecule has 1 atom stereocenters. The Morgan fingerprint density at radius 3 is 2.78 bits per heavy atom. The molecule has 3 N–H and O–H groups in total. The van der Waals surface area contributed by atoms with E-state index in [9.17, 15) is 0 Å². The Hall–Kier alpha value is -0.820. The van der Waals surface area contributed by atoms with Crippen LogP contribution in [-0.2, 0) is 11.8 Å². The lowest BCUT2D eigenvalue weighted by Crippen LogP contribution is -2.31. The minimum absolute atomic E-state index is 0.00786. The standard InChI is InChI=1S/C12H18N4S2/c1-12(2,3)11-10(18-16-15-11)9(14-13)6-8-4-5-17-7-8/h4-5,7,9,14H,6,13H2,1-3H3. The third kappa shape index (κ3) is 2.95. The third-order valence-electron chi connectivity index (χ3n) is 2.76. The van der Waals surface area contributed by atoms with Crippen molar-refractivity contribution in [1.29, 1.82) is 0 Å². The molecule has 0 radical (unpaired) electrons. The normalized spacial score (nSPS) is 13.8. The molecule has 1 unspecified atom stereocenters. The molecule has 2 aromatic rings. The Kier molecular flexibility index (Phi) is 4.11. The van der Waals surface area contributed by atoms with Crippen molar-refractivity contribution in [3.8, 4) is 0 Å². The van der Waals surface area contributed by atoms with E-state index in [1.54, 1.807) is 11.3 Å². The molecule has 2 aromatic heterocycles. The van der Waals surface area contributed by atoms with Crippen molar-refractivity contribution in [2.45, 2.75) is 38.6 Å². The Morgan fingerprint density at radius 2 is 2.22 bits per heavy atom. The van der Waals surface area contributed by atoms with E-state index in [1.165, 1.54) is 17.1 Å². The fourth-order valence-electron chi connectivity index (χ4n) is 1.82. The van der Waals surface area contributed by atoms with Gasteiger partial charge in [0, 0.05) is 5.41 Å². The van der Waals surface area contributed by atoms with Crippen molar-refractivity contribution in [2.24, 2.45) is 5.84 Å². The lowest BCUT2D eigenvalue weighted by molar-refractivity contribution is 0.515. The summed E-state index contributed by atoms with van der Waals surface area (Å²) in [5, 5.41) is 8.49. The zero-order chi connectivity index (χ0) is 13.2. The highest BCUT2D eigenvalue weighted by molar-refractivity contribution is 7.08. The second-order valence-electron chi connectivity index (χ2n) is 5.29. The minimum atomic E-state index is -0.00786. The van der Waals surface area contributed by atoms with Crippen LogP contribution < -0.4 is 11.3 Å². The van der Waals surface area contributed by atoms with Crippen LogP contribution in [0.25, 0.3) is 0 Å². The molecule has 0 aliphatic heterocycles. The van der Waals surface area contributed by atoms with Gasteiger partial charge < -0.3 is 0 Å². The van der Waals surface area contributed by atoms with Crippen LogP contribution in [0.4, 0.5) is 0 Å². The second kappa shape index (κ2) is 5.44. The molecule has 4 nitrogen and oxygen atoms in total. The van der Waals surface area contributed by atoms with Crippen molar-refractivity contribution in [2.75, 3.05) is 0 Å². The molecule has 0 saturated carbocycles. The molecule has 0 amide bonds. The Balaban J connectivity index is 2.25. The second-order valence-corrected chi connectivity index (χ2v) is 6.86. The van der Waals surface area contributed by atoms with Crippen LogP contribution in [0.3, 0.4) is 0 Å². The fraction of sp³-hybridized carbons (Fsp3) is 0.500. The van der Waals surface area contributed by atoms with Gasteiger partial charge in [0.25, 0.3) is 0 Å². The molecule has 0 fully saturated rings. The molecule has 18 heavy (non-hydrogen) atoms. The van der Waals surface area contributed by atoms with E-state index in [0.717, 1.165) is 17.0 Å². The molecule has 0 aliphatic rings. The van der Waals surface area contributed by atoms with Gasteiger partial charge >= 0.3 is 0 Å². The van der Waals surface area contributed by atoms with Crippen molar-refractivity contribution in [1.82, 2.24) is 15.0 Å². The number of nitrogens with zero attached hydrogens (tertiary/aromatic N) is 2. The molecule has 2 rings (SSSR count). The van der Waals surface area contributed by atoms with Crippen LogP contribution in [0.15, 0.2) is 16.8 Å². The number of aromatic nitrogens is 2. The first-order valence-electron chi connectivity index (χ1n) is 5.82. The van der Waals surface area contributed by atoms with Gasteiger partial charge in [-0.05, 0) is 40.3 Å². The smallest absolute Gasteiger partial charge is 0.0857 e. The third-order valence-corrected chi connectivity index (χ3v) is 4.33. The first-order valence-corrected chi connectivity index (χ1v) is 7.54. The minimum Gasteiger partial charge on any atom is -0.271 e. The van der Waals surface area contributed by atoms with Gasteiger partial charge in [-0.3, -0.25) is 11.3 Å². The van der Waals surface area contributed by atoms with Crippen LogP contribution in [0, 0.1) is 0 Å². The summed E-state index contributed by atoms with van der Waals surface area (Å²) >= 11 is 3.13. The van der Waals surface area contributed by atoms with Crippen molar-refractivity contribution in [3.63, 3.8) is 0 Å². The maximum absolute atomic E-state index is 5.70. The monoisotopic (exact) mass is 282 g/mol. The lowest BCUT2D eigenvalue weighted by Gasteiger charge is -2.21. The molecule has 0 aromatic carbocycles. The summed E-state index contributed by atoms with van der Waals surface area (Å²) in [5.74, 6) is 5.70. The number of nitrogens with two attached hydrogens (primary N) is 1. The van der Waals surface area contributed by atoms with Gasteiger partial charge in [0.2, 0.25) is 0 Å². The predicted octanol–water partition coefficient (Wildman–Crippen LogP) is 2.64. The van der Waals surface area contributed by atoms with Crippen LogP contribution in [0.5, 0.6) is 0 Å². The first kappa shape index (κ1) is 13.6. The number of rotatable bonds is 4. The average Bonchev–Trinajstić information content (AvgIpc) is 2.95. The van der Waals surface area contributed by atoms with E-state index in [-0.39, 0.29) is 11.5 Å². The van der Waals surface area contributed by atoms with E-state index in [4.69, 9.17) is 5.84 Å². The topological polar surface area (TPSA) is 63.8 Å². The summed E-state index contributed by atoms with van der Waals surface area (Å²) in [7, 11) is 0. The molecule has 0 saturated heterocycles. The first-order chi connectivity index (χ1) is 8.52. The Bertz CT molecular complexity index is 484. The van der Waals surface area contributed by atoms with Crippen LogP contribution in [0.1, 0.15) is 42.9 Å². The molecule has 0 bridgehead atoms. The van der Waals surface area contributed by atoms with Crippen LogP contribution in [-0.4, -0.2) is 9.59 Å². The number of nitrogens with one attached hydrogen (secondary N) is 1. The van der Waals surface area contributed by atoms with Gasteiger partial charge in [-0.15, -0.1) is 5.10 Å². The van der Waals surface area contributed by atoms with Gasteiger partial charge in [-0.25, -0.2) is 0 Å². The highest BCUT2D eigenvalue weighted by atomic mass is 32.1. The number of hydrogen-bond acceptors (Lipinski definition) is 6. The molecular weight excluding hydrogens is 264 g/mol. The van der Waals surface area contributed by atoms with Crippen LogP contribution in [0.2, 0.25) is 0 Å². The van der Waals surface area contributed by atoms with E-state index in [0.29, 0.717) is 0 Å². The van der Waals surface area contributed by atoms with Crippen molar-refractivity contribution in [3.05, 3.63) is 33.0 Å². The molecular formula is C12H18N4S2. The van der Waals surface area contributed by atoms with Gasteiger partial charge in [0.05, 0.1) is 16.6 Å². The number of thiophene rings is 1. The van der Waals surface area contributed by atoms with E-state index in [2.05, 4.69) is 52.6 Å². The molecule has 98 valence electrons. The summed E-state index contributed by atoms with van der Waals surface area (Å²) in [6.45, 7) is 6.43. The van der Waals surface area contributed by atoms with Crippen LogP contribution >= 0.6 is 22.9 Å². The SMILES string of the molecule is CC(C)(C)c1nnsc1C(Cc1ccsc1)NN. The largest absolute Gasteiger partial charge is 0.271 e.